The average Bonchev–Trinajstić information content (AvgIpc) is 3.29. The number of morpholine rings is 1. The Morgan fingerprint density at radius 1 is 1.17 bits per heavy atom. The van der Waals surface area contributed by atoms with Gasteiger partial charge in [-0.2, -0.15) is 0 Å². The largest absolute Gasteiger partial charge is 0.379 e. The van der Waals surface area contributed by atoms with Crippen LogP contribution in [0.1, 0.15) is 18.4 Å². The number of anilines is 2. The topological polar surface area (TPSA) is 109 Å². The Bertz CT molecular complexity index is 1190. The Morgan fingerprint density at radius 3 is 2.71 bits per heavy atom. The summed E-state index contributed by atoms with van der Waals surface area (Å²) in [7, 11) is 0. The third kappa shape index (κ3) is 7.15. The zero-order chi connectivity index (χ0) is 24.6. The molecule has 3 heterocycles. The smallest absolute Gasteiger partial charge is 0.249 e. The van der Waals surface area contributed by atoms with Crippen LogP contribution in [-0.4, -0.2) is 64.5 Å². The number of carbonyl (C=O) groups excluding carboxylic acids is 2. The second-order valence-corrected chi connectivity index (χ2v) is 9.56. The Morgan fingerprint density at radius 2 is 2.00 bits per heavy atom. The Hall–Kier alpha value is -3.18. The lowest BCUT2D eigenvalue weighted by Crippen LogP contribution is -2.36. The molecule has 11 heteroatoms. The molecule has 0 aliphatic carbocycles. The van der Waals surface area contributed by atoms with Gasteiger partial charge in [-0.05, 0) is 18.6 Å². The van der Waals surface area contributed by atoms with E-state index >= 15 is 0 Å². The zero-order valence-corrected chi connectivity index (χ0v) is 20.7. The average molecular weight is 513 g/mol. The van der Waals surface area contributed by atoms with Crippen LogP contribution in [0.3, 0.4) is 0 Å². The van der Waals surface area contributed by atoms with Crippen LogP contribution in [0, 0.1) is 0 Å². The molecule has 0 spiro atoms. The fourth-order valence-electron chi connectivity index (χ4n) is 3.45. The number of aromatic nitrogens is 3. The summed E-state index contributed by atoms with van der Waals surface area (Å²) in [6.07, 6.45) is 7.93. The van der Waals surface area contributed by atoms with Gasteiger partial charge in [-0.15, -0.1) is 0 Å². The number of nitrogens with zero attached hydrogens (tertiary/aromatic N) is 4. The lowest BCUT2D eigenvalue weighted by molar-refractivity contribution is -0.117. The molecule has 1 fully saturated rings. The van der Waals surface area contributed by atoms with E-state index < -0.39 is 5.92 Å². The minimum atomic E-state index is -0.409. The first-order valence-electron chi connectivity index (χ1n) is 11.1. The molecule has 0 unspecified atom stereocenters. The van der Waals surface area contributed by atoms with Gasteiger partial charge in [-0.25, -0.2) is 9.97 Å². The number of amides is 2. The third-order valence-electron chi connectivity index (χ3n) is 5.42. The summed E-state index contributed by atoms with van der Waals surface area (Å²) in [6.45, 7) is 5.69. The van der Waals surface area contributed by atoms with E-state index in [2.05, 4.69) is 30.5 Å². The standard InChI is InChI=1S/C24H25ClN6O3S/c1-16(23(33)30-24-28-14-20(25)35-24)17-4-2-5-18(12-17)19-13-27-21(15-26-19)29-22(32)6-3-7-31-8-10-34-11-9-31/h2-6,12-16H,7-11H2,1H3,(H,27,29,32)(H,28,30,33)/b6-3+/t16-/m0/s1. The van der Waals surface area contributed by atoms with Crippen molar-refractivity contribution in [1.82, 2.24) is 19.9 Å². The normalized spacial score (nSPS) is 15.1. The molecule has 1 aliphatic rings. The Balaban J connectivity index is 1.34. The fraction of sp³-hybridized carbons (Fsp3) is 0.292. The molecule has 2 aromatic heterocycles. The molecule has 35 heavy (non-hydrogen) atoms. The molecule has 4 rings (SSSR count). The monoisotopic (exact) mass is 512 g/mol. The highest BCUT2D eigenvalue weighted by Gasteiger charge is 2.17. The van der Waals surface area contributed by atoms with Crippen LogP contribution in [0.2, 0.25) is 4.34 Å². The van der Waals surface area contributed by atoms with Gasteiger partial charge in [0.2, 0.25) is 11.8 Å². The molecule has 2 N–H and O–H groups in total. The quantitative estimate of drug-likeness (QED) is 0.441. The molecule has 1 atom stereocenters. The lowest BCUT2D eigenvalue weighted by Gasteiger charge is -2.24. The summed E-state index contributed by atoms with van der Waals surface area (Å²) in [5.41, 5.74) is 2.27. The lowest BCUT2D eigenvalue weighted by atomic mass is 9.97. The van der Waals surface area contributed by atoms with Crippen molar-refractivity contribution < 1.29 is 14.3 Å². The number of rotatable bonds is 8. The maximum absolute atomic E-state index is 12.6. The van der Waals surface area contributed by atoms with Gasteiger partial charge in [-0.3, -0.25) is 19.5 Å². The maximum atomic E-state index is 12.6. The second-order valence-electron chi connectivity index (χ2n) is 7.90. The summed E-state index contributed by atoms with van der Waals surface area (Å²) >= 11 is 7.09. The van der Waals surface area contributed by atoms with Gasteiger partial charge < -0.3 is 15.4 Å². The van der Waals surface area contributed by atoms with Gasteiger partial charge in [0.05, 0.1) is 43.4 Å². The number of ether oxygens (including phenoxy) is 1. The van der Waals surface area contributed by atoms with Crippen LogP contribution in [-0.2, 0) is 14.3 Å². The third-order valence-corrected chi connectivity index (χ3v) is 6.45. The van der Waals surface area contributed by atoms with E-state index in [1.54, 1.807) is 6.20 Å². The molecule has 182 valence electrons. The minimum Gasteiger partial charge on any atom is -0.379 e. The van der Waals surface area contributed by atoms with Gasteiger partial charge >= 0.3 is 0 Å². The molecule has 3 aromatic rings. The molecular formula is C24H25ClN6O3S. The molecule has 2 amide bonds. The number of benzene rings is 1. The van der Waals surface area contributed by atoms with Crippen molar-refractivity contribution in [3.63, 3.8) is 0 Å². The summed E-state index contributed by atoms with van der Waals surface area (Å²) in [4.78, 5) is 39.8. The van der Waals surface area contributed by atoms with Gasteiger partial charge in [0, 0.05) is 31.3 Å². The van der Waals surface area contributed by atoms with E-state index in [0.717, 1.165) is 37.4 Å². The Labute approximate surface area is 212 Å². The molecular weight excluding hydrogens is 488 g/mol. The van der Waals surface area contributed by atoms with Gasteiger partial charge in [-0.1, -0.05) is 47.2 Å². The predicted octanol–water partition coefficient (Wildman–Crippen LogP) is 3.82. The number of carbonyl (C=O) groups is 2. The second kappa shape index (κ2) is 12.0. The zero-order valence-electron chi connectivity index (χ0n) is 19.1. The van der Waals surface area contributed by atoms with Crippen LogP contribution in [0.25, 0.3) is 11.3 Å². The van der Waals surface area contributed by atoms with Gasteiger partial charge in [0.25, 0.3) is 0 Å². The number of thiazole rings is 1. The highest BCUT2D eigenvalue weighted by molar-refractivity contribution is 7.19. The SMILES string of the molecule is C[C@H](C(=O)Nc1ncc(Cl)s1)c1cccc(-c2cnc(NC(=O)/C=C/CN3CCOCC3)cn2)c1. The van der Waals surface area contributed by atoms with Crippen molar-refractivity contribution in [3.05, 3.63) is 64.9 Å². The van der Waals surface area contributed by atoms with Crippen LogP contribution >= 0.6 is 22.9 Å². The van der Waals surface area contributed by atoms with Crippen molar-refractivity contribution in [2.45, 2.75) is 12.8 Å². The van der Waals surface area contributed by atoms with E-state index in [9.17, 15) is 9.59 Å². The molecule has 0 saturated carbocycles. The highest BCUT2D eigenvalue weighted by atomic mass is 35.5. The van der Waals surface area contributed by atoms with Crippen LogP contribution in [0.15, 0.2) is 55.0 Å². The van der Waals surface area contributed by atoms with Crippen LogP contribution in [0.5, 0.6) is 0 Å². The maximum Gasteiger partial charge on any atom is 0.249 e. The van der Waals surface area contributed by atoms with Crippen LogP contribution in [0.4, 0.5) is 10.9 Å². The number of nitrogens with one attached hydrogen (secondary N) is 2. The molecule has 9 nitrogen and oxygen atoms in total. The van der Waals surface area contributed by atoms with Gasteiger partial charge in [0.1, 0.15) is 4.34 Å². The Kier molecular flexibility index (Phi) is 8.54. The molecule has 0 bridgehead atoms. The van der Waals surface area contributed by atoms with E-state index in [4.69, 9.17) is 16.3 Å². The van der Waals surface area contributed by atoms with Crippen molar-refractivity contribution in [3.8, 4) is 11.3 Å². The summed E-state index contributed by atoms with van der Waals surface area (Å²) in [5, 5.41) is 5.96. The van der Waals surface area contributed by atoms with E-state index in [1.165, 1.54) is 29.8 Å². The van der Waals surface area contributed by atoms with Gasteiger partial charge in [0.15, 0.2) is 10.9 Å². The number of hydrogen-bond donors (Lipinski definition) is 2. The summed E-state index contributed by atoms with van der Waals surface area (Å²) in [5.74, 6) is -0.489. The van der Waals surface area contributed by atoms with Crippen molar-refractivity contribution in [2.75, 3.05) is 43.5 Å². The first-order chi connectivity index (χ1) is 17.0. The number of halogens is 1. The highest BCUT2D eigenvalue weighted by Crippen LogP contribution is 2.26. The first-order valence-corrected chi connectivity index (χ1v) is 12.3. The first kappa shape index (κ1) is 24.9. The minimum absolute atomic E-state index is 0.181. The molecule has 1 aliphatic heterocycles. The molecule has 1 aromatic carbocycles. The number of hydrogen-bond acceptors (Lipinski definition) is 8. The predicted molar refractivity (Wildman–Crippen MR) is 137 cm³/mol. The molecule has 0 radical (unpaired) electrons. The van der Waals surface area contributed by atoms with Crippen molar-refractivity contribution in [1.29, 1.82) is 0 Å². The summed E-state index contributed by atoms with van der Waals surface area (Å²) < 4.78 is 5.83. The summed E-state index contributed by atoms with van der Waals surface area (Å²) in [6, 6.07) is 7.54. The van der Waals surface area contributed by atoms with E-state index in [1.807, 2.05) is 37.3 Å². The van der Waals surface area contributed by atoms with Crippen molar-refractivity contribution in [2.24, 2.45) is 0 Å². The molecule has 1 saturated heterocycles. The van der Waals surface area contributed by atoms with Crippen molar-refractivity contribution >= 4 is 45.7 Å². The van der Waals surface area contributed by atoms with E-state index in [0.29, 0.717) is 27.5 Å². The van der Waals surface area contributed by atoms with Crippen LogP contribution < -0.4 is 10.6 Å². The van der Waals surface area contributed by atoms with E-state index in [-0.39, 0.29) is 11.8 Å². The fourth-order valence-corrected chi connectivity index (χ4v) is 4.26.